The van der Waals surface area contributed by atoms with Crippen molar-refractivity contribution in [3.63, 3.8) is 0 Å². The van der Waals surface area contributed by atoms with Gasteiger partial charge in [-0.2, -0.15) is 0 Å². The molecule has 5 nitrogen and oxygen atoms in total. The van der Waals surface area contributed by atoms with E-state index in [0.717, 1.165) is 0 Å². The smallest absolute Gasteiger partial charge is 0.305 e. The van der Waals surface area contributed by atoms with Gasteiger partial charge < -0.3 is 14.7 Å². The highest BCUT2D eigenvalue weighted by Crippen LogP contribution is 2.25. The Morgan fingerprint density at radius 1 is 1.32 bits per heavy atom. The summed E-state index contributed by atoms with van der Waals surface area (Å²) in [4.78, 5) is 25.3. The van der Waals surface area contributed by atoms with Crippen molar-refractivity contribution in [2.24, 2.45) is 0 Å². The second-order valence-electron chi connectivity index (χ2n) is 6.08. The number of benzene rings is 1. The van der Waals surface area contributed by atoms with Gasteiger partial charge in [-0.1, -0.05) is 26.0 Å². The van der Waals surface area contributed by atoms with Crippen LogP contribution in [0.1, 0.15) is 48.5 Å². The van der Waals surface area contributed by atoms with Crippen LogP contribution >= 0.6 is 0 Å². The van der Waals surface area contributed by atoms with E-state index in [1.54, 1.807) is 12.0 Å². The Morgan fingerprint density at radius 3 is 2.45 bits per heavy atom. The van der Waals surface area contributed by atoms with Gasteiger partial charge in [0.2, 0.25) is 0 Å². The minimum Gasteiger partial charge on any atom is -0.481 e. The lowest BCUT2D eigenvalue weighted by Gasteiger charge is -2.23. The number of amides is 1. The lowest BCUT2D eigenvalue weighted by atomic mass is 10.0. The van der Waals surface area contributed by atoms with Crippen LogP contribution < -0.4 is 0 Å². The summed E-state index contributed by atoms with van der Waals surface area (Å²) in [5.74, 6) is -0.607. The van der Waals surface area contributed by atoms with Crippen LogP contribution in [0.15, 0.2) is 24.3 Å². The van der Waals surface area contributed by atoms with Gasteiger partial charge in [0.1, 0.15) is 0 Å². The van der Waals surface area contributed by atoms with Gasteiger partial charge in [-0.15, -0.1) is 0 Å². The molecule has 1 aromatic carbocycles. The van der Waals surface area contributed by atoms with Crippen molar-refractivity contribution in [1.29, 1.82) is 0 Å². The van der Waals surface area contributed by atoms with Crippen LogP contribution in [-0.4, -0.2) is 47.7 Å². The predicted molar refractivity (Wildman–Crippen MR) is 83.0 cm³/mol. The fraction of sp³-hybridized carbons (Fsp3) is 0.529. The number of likely N-dealkylation sites (tertiary alicyclic amines) is 1. The number of rotatable bonds is 5. The van der Waals surface area contributed by atoms with E-state index >= 15 is 0 Å². The normalized spacial score (nSPS) is 21.4. The molecule has 0 saturated carbocycles. The zero-order chi connectivity index (χ0) is 16.3. The van der Waals surface area contributed by atoms with Crippen LogP contribution in [0.4, 0.5) is 0 Å². The largest absolute Gasteiger partial charge is 0.481 e. The van der Waals surface area contributed by atoms with E-state index in [0.29, 0.717) is 24.4 Å². The first-order valence-electron chi connectivity index (χ1n) is 7.58. The van der Waals surface area contributed by atoms with Gasteiger partial charge in [-0.25, -0.2) is 0 Å². The highest BCUT2D eigenvalue weighted by molar-refractivity contribution is 5.95. The number of carbonyl (C=O) groups excluding carboxylic acids is 1. The monoisotopic (exact) mass is 305 g/mol. The van der Waals surface area contributed by atoms with E-state index in [9.17, 15) is 9.59 Å². The lowest BCUT2D eigenvalue weighted by Crippen LogP contribution is -2.37. The van der Waals surface area contributed by atoms with Crippen LogP contribution in [0, 0.1) is 0 Å². The van der Waals surface area contributed by atoms with Gasteiger partial charge in [0.15, 0.2) is 0 Å². The van der Waals surface area contributed by atoms with Crippen molar-refractivity contribution in [3.05, 3.63) is 35.4 Å². The predicted octanol–water partition coefficient (Wildman–Crippen LogP) is 2.51. The molecule has 2 atom stereocenters. The van der Waals surface area contributed by atoms with Crippen molar-refractivity contribution >= 4 is 11.9 Å². The molecule has 1 saturated heterocycles. The van der Waals surface area contributed by atoms with E-state index in [2.05, 4.69) is 13.8 Å². The lowest BCUT2D eigenvalue weighted by molar-refractivity contribution is -0.137. The zero-order valence-corrected chi connectivity index (χ0v) is 13.3. The highest BCUT2D eigenvalue weighted by Gasteiger charge is 2.36. The summed E-state index contributed by atoms with van der Waals surface area (Å²) in [6.45, 7) is 4.64. The third-order valence-corrected chi connectivity index (χ3v) is 4.20. The Morgan fingerprint density at radius 2 is 1.95 bits per heavy atom. The summed E-state index contributed by atoms with van der Waals surface area (Å²) in [5, 5.41) is 9.02. The van der Waals surface area contributed by atoms with Crippen molar-refractivity contribution in [2.45, 2.75) is 44.8 Å². The van der Waals surface area contributed by atoms with E-state index in [1.807, 2.05) is 24.3 Å². The van der Waals surface area contributed by atoms with Gasteiger partial charge in [-0.05, 0) is 30.0 Å². The van der Waals surface area contributed by atoms with Crippen LogP contribution in [0.5, 0.6) is 0 Å². The maximum absolute atomic E-state index is 12.7. The molecule has 0 bridgehead atoms. The summed E-state index contributed by atoms with van der Waals surface area (Å²) < 4.78 is 5.30. The molecule has 1 aliphatic rings. The molecule has 1 aliphatic heterocycles. The molecule has 0 spiro atoms. The quantitative estimate of drug-likeness (QED) is 0.907. The SMILES string of the molecule is COC1CC(CC(=O)O)N(C(=O)c2ccc(C(C)C)cc2)C1. The molecule has 1 N–H and O–H groups in total. The molecule has 1 fully saturated rings. The van der Waals surface area contributed by atoms with Gasteiger partial charge >= 0.3 is 5.97 Å². The molecule has 22 heavy (non-hydrogen) atoms. The molecule has 0 aromatic heterocycles. The number of carbonyl (C=O) groups is 2. The first kappa shape index (κ1) is 16.5. The second kappa shape index (κ2) is 6.92. The van der Waals surface area contributed by atoms with Crippen molar-refractivity contribution in [2.75, 3.05) is 13.7 Å². The summed E-state index contributed by atoms with van der Waals surface area (Å²) in [6, 6.07) is 7.23. The number of nitrogens with zero attached hydrogens (tertiary/aromatic N) is 1. The zero-order valence-electron chi connectivity index (χ0n) is 13.3. The number of ether oxygens (including phenoxy) is 1. The van der Waals surface area contributed by atoms with E-state index < -0.39 is 5.97 Å². The molecule has 1 amide bonds. The number of aliphatic carboxylic acids is 1. The van der Waals surface area contributed by atoms with Gasteiger partial charge in [0, 0.05) is 25.3 Å². The molecule has 5 heteroatoms. The van der Waals surface area contributed by atoms with Gasteiger partial charge in [0.25, 0.3) is 5.91 Å². The van der Waals surface area contributed by atoms with E-state index in [-0.39, 0.29) is 24.5 Å². The number of carboxylic acid groups (broad SMARTS) is 1. The second-order valence-corrected chi connectivity index (χ2v) is 6.08. The Bertz CT molecular complexity index is 538. The summed E-state index contributed by atoms with van der Waals surface area (Å²) in [6.07, 6.45) is 0.428. The first-order valence-corrected chi connectivity index (χ1v) is 7.58. The van der Waals surface area contributed by atoms with Gasteiger partial charge in [-0.3, -0.25) is 9.59 Å². The number of hydrogen-bond donors (Lipinski definition) is 1. The minimum absolute atomic E-state index is 0.0460. The summed E-state index contributed by atoms with van der Waals surface area (Å²) in [5.41, 5.74) is 1.77. The molecular weight excluding hydrogens is 282 g/mol. The molecule has 0 aliphatic carbocycles. The molecule has 2 rings (SSSR count). The van der Waals surface area contributed by atoms with Crippen molar-refractivity contribution in [1.82, 2.24) is 4.90 Å². The maximum atomic E-state index is 12.7. The van der Waals surface area contributed by atoms with Crippen molar-refractivity contribution < 1.29 is 19.4 Å². The summed E-state index contributed by atoms with van der Waals surface area (Å²) >= 11 is 0. The third kappa shape index (κ3) is 3.65. The Kier molecular flexibility index (Phi) is 5.19. The van der Waals surface area contributed by atoms with Crippen LogP contribution in [0.2, 0.25) is 0 Å². The summed E-state index contributed by atoms with van der Waals surface area (Å²) in [7, 11) is 1.59. The molecule has 1 aromatic rings. The molecular formula is C17H23NO4. The first-order chi connectivity index (χ1) is 10.4. The van der Waals surface area contributed by atoms with E-state index in [4.69, 9.17) is 9.84 Å². The van der Waals surface area contributed by atoms with Gasteiger partial charge in [0.05, 0.1) is 12.5 Å². The van der Waals surface area contributed by atoms with Crippen LogP contribution in [0.25, 0.3) is 0 Å². The minimum atomic E-state index is -0.894. The van der Waals surface area contributed by atoms with Crippen LogP contribution in [-0.2, 0) is 9.53 Å². The number of methoxy groups -OCH3 is 1. The number of hydrogen-bond acceptors (Lipinski definition) is 3. The maximum Gasteiger partial charge on any atom is 0.305 e. The number of carboxylic acids is 1. The molecule has 2 unspecified atom stereocenters. The molecule has 120 valence electrons. The van der Waals surface area contributed by atoms with E-state index in [1.165, 1.54) is 5.56 Å². The fourth-order valence-electron chi connectivity index (χ4n) is 2.86. The fourth-order valence-corrected chi connectivity index (χ4v) is 2.86. The standard InChI is InChI=1S/C17H23NO4/c1-11(2)12-4-6-13(7-5-12)17(21)18-10-15(22-3)8-14(18)9-16(19)20/h4-7,11,14-15H,8-10H2,1-3H3,(H,19,20). The topological polar surface area (TPSA) is 66.8 Å². The highest BCUT2D eigenvalue weighted by atomic mass is 16.5. The Labute approximate surface area is 130 Å². The molecule has 1 heterocycles. The van der Waals surface area contributed by atoms with Crippen LogP contribution in [0.3, 0.4) is 0 Å². The Hall–Kier alpha value is -1.88. The Balaban J connectivity index is 2.16. The third-order valence-electron chi connectivity index (χ3n) is 4.20. The average Bonchev–Trinajstić information content (AvgIpc) is 2.88. The average molecular weight is 305 g/mol. The van der Waals surface area contributed by atoms with Crippen molar-refractivity contribution in [3.8, 4) is 0 Å². The molecule has 0 radical (unpaired) electrons.